The van der Waals surface area contributed by atoms with Crippen molar-refractivity contribution < 1.29 is 0 Å². The van der Waals surface area contributed by atoms with Gasteiger partial charge >= 0.3 is 0 Å². The van der Waals surface area contributed by atoms with Gasteiger partial charge in [-0.3, -0.25) is 0 Å². The second kappa shape index (κ2) is 8.57. The van der Waals surface area contributed by atoms with Crippen LogP contribution in [0.4, 0.5) is 0 Å². The van der Waals surface area contributed by atoms with Crippen LogP contribution < -0.4 is 0 Å². The third kappa shape index (κ3) is 4.17. The molecule has 0 bridgehead atoms. The van der Waals surface area contributed by atoms with Gasteiger partial charge in [0.25, 0.3) is 0 Å². The van der Waals surface area contributed by atoms with Gasteiger partial charge in [-0.05, 0) is 71.4 Å². The SMILES string of the molecule is C1=CC2C(C3=CCCC=C3)=CC=C(Cc3ccc(CCC4CCCC4)cc3)C2=C1. The minimum Gasteiger partial charge on any atom is -0.0836 e. The zero-order chi connectivity index (χ0) is 19.5. The Morgan fingerprint density at radius 3 is 2.45 bits per heavy atom. The summed E-state index contributed by atoms with van der Waals surface area (Å²) in [5, 5.41) is 0. The average molecular weight is 381 g/mol. The number of hydrogen-bond donors (Lipinski definition) is 0. The van der Waals surface area contributed by atoms with Crippen molar-refractivity contribution in [1.82, 2.24) is 0 Å². The first-order valence-corrected chi connectivity index (χ1v) is 11.6. The second-order valence-corrected chi connectivity index (χ2v) is 9.12. The number of aryl methyl sites for hydroxylation is 1. The number of fused-ring (bicyclic) bond motifs is 1. The molecule has 0 heteroatoms. The quantitative estimate of drug-likeness (QED) is 0.476. The van der Waals surface area contributed by atoms with Crippen molar-refractivity contribution in [3.8, 4) is 0 Å². The first-order valence-electron chi connectivity index (χ1n) is 11.6. The highest BCUT2D eigenvalue weighted by molar-refractivity contribution is 5.60. The lowest BCUT2D eigenvalue weighted by Gasteiger charge is -2.26. The fraction of sp³-hybridized carbons (Fsp3) is 0.379. The molecule has 0 radical (unpaired) electrons. The van der Waals surface area contributed by atoms with E-state index in [1.165, 1.54) is 84.8 Å². The van der Waals surface area contributed by atoms with E-state index in [1.54, 1.807) is 0 Å². The van der Waals surface area contributed by atoms with Crippen LogP contribution in [0.25, 0.3) is 0 Å². The molecule has 1 unspecified atom stereocenters. The molecule has 5 rings (SSSR count). The Hall–Kier alpha value is -2.34. The summed E-state index contributed by atoms with van der Waals surface area (Å²) in [6.45, 7) is 0. The Bertz CT molecular complexity index is 921. The minimum atomic E-state index is 0.440. The van der Waals surface area contributed by atoms with E-state index in [-0.39, 0.29) is 0 Å². The van der Waals surface area contributed by atoms with E-state index < -0.39 is 0 Å². The summed E-state index contributed by atoms with van der Waals surface area (Å²) >= 11 is 0. The van der Waals surface area contributed by atoms with E-state index in [1.807, 2.05) is 0 Å². The summed E-state index contributed by atoms with van der Waals surface area (Å²) < 4.78 is 0. The molecule has 1 atom stereocenters. The van der Waals surface area contributed by atoms with Gasteiger partial charge < -0.3 is 0 Å². The summed E-state index contributed by atoms with van der Waals surface area (Å²) in [4.78, 5) is 0. The van der Waals surface area contributed by atoms with E-state index >= 15 is 0 Å². The lowest BCUT2D eigenvalue weighted by Crippen LogP contribution is -2.12. The smallest absolute Gasteiger partial charge is 0.0281 e. The predicted octanol–water partition coefficient (Wildman–Crippen LogP) is 7.61. The third-order valence-corrected chi connectivity index (χ3v) is 7.15. The Balaban J connectivity index is 1.27. The number of benzene rings is 1. The van der Waals surface area contributed by atoms with Crippen LogP contribution in [0.1, 0.15) is 56.1 Å². The molecule has 0 amide bonds. The molecule has 29 heavy (non-hydrogen) atoms. The van der Waals surface area contributed by atoms with Gasteiger partial charge in [0.1, 0.15) is 0 Å². The summed E-state index contributed by atoms with van der Waals surface area (Å²) in [6.07, 6.45) is 30.5. The van der Waals surface area contributed by atoms with E-state index in [9.17, 15) is 0 Å². The lowest BCUT2D eigenvalue weighted by molar-refractivity contribution is 0.504. The minimum absolute atomic E-state index is 0.440. The van der Waals surface area contributed by atoms with E-state index in [0.717, 1.165) is 12.3 Å². The highest BCUT2D eigenvalue weighted by Crippen LogP contribution is 2.40. The number of hydrogen-bond acceptors (Lipinski definition) is 0. The molecule has 0 N–H and O–H groups in total. The topological polar surface area (TPSA) is 0 Å². The molecule has 0 heterocycles. The maximum atomic E-state index is 2.40. The van der Waals surface area contributed by atoms with Crippen molar-refractivity contribution in [2.24, 2.45) is 11.8 Å². The largest absolute Gasteiger partial charge is 0.0836 e. The van der Waals surface area contributed by atoms with Gasteiger partial charge in [-0.2, -0.15) is 0 Å². The summed E-state index contributed by atoms with van der Waals surface area (Å²) in [7, 11) is 0. The Labute approximate surface area is 176 Å². The molecule has 148 valence electrons. The molecular weight excluding hydrogens is 348 g/mol. The van der Waals surface area contributed by atoms with Crippen LogP contribution in [-0.4, -0.2) is 0 Å². The number of rotatable bonds is 6. The van der Waals surface area contributed by atoms with Crippen molar-refractivity contribution >= 4 is 0 Å². The van der Waals surface area contributed by atoms with Crippen LogP contribution in [0.2, 0.25) is 0 Å². The Morgan fingerprint density at radius 2 is 1.66 bits per heavy atom. The monoisotopic (exact) mass is 380 g/mol. The molecule has 1 saturated carbocycles. The molecule has 0 spiro atoms. The molecule has 4 aliphatic rings. The summed E-state index contributed by atoms with van der Waals surface area (Å²) in [5.74, 6) is 1.42. The first-order chi connectivity index (χ1) is 14.4. The van der Waals surface area contributed by atoms with Crippen molar-refractivity contribution in [3.63, 3.8) is 0 Å². The third-order valence-electron chi connectivity index (χ3n) is 7.15. The maximum absolute atomic E-state index is 2.40. The van der Waals surface area contributed by atoms with Crippen LogP contribution >= 0.6 is 0 Å². The standard InChI is InChI=1S/C29H32/c1-2-9-25(10-3-1)28-20-19-26(27-11-6-12-29(27)28)21-24-17-15-23(16-18-24)14-13-22-7-4-5-8-22/h2,6,9-12,15-20,22,29H,1,3-5,7-8,13-14,21H2. The van der Waals surface area contributed by atoms with Crippen LogP contribution in [0, 0.1) is 11.8 Å². The van der Waals surface area contributed by atoms with Crippen LogP contribution in [0.5, 0.6) is 0 Å². The molecule has 1 aromatic carbocycles. The summed E-state index contributed by atoms with van der Waals surface area (Å²) in [6, 6.07) is 9.44. The predicted molar refractivity (Wildman–Crippen MR) is 124 cm³/mol. The molecular formula is C29H32. The molecule has 0 saturated heterocycles. The van der Waals surface area contributed by atoms with Gasteiger partial charge in [-0.25, -0.2) is 0 Å². The van der Waals surface area contributed by atoms with Crippen LogP contribution in [0.3, 0.4) is 0 Å². The van der Waals surface area contributed by atoms with Gasteiger partial charge in [-0.1, -0.05) is 98.6 Å². The first kappa shape index (κ1) is 18.7. The molecule has 1 aromatic rings. The lowest BCUT2D eigenvalue weighted by atomic mass is 9.78. The molecule has 4 aliphatic carbocycles. The van der Waals surface area contributed by atoms with Gasteiger partial charge in [0.05, 0.1) is 0 Å². The highest BCUT2D eigenvalue weighted by Gasteiger charge is 2.26. The second-order valence-electron chi connectivity index (χ2n) is 9.12. The molecule has 0 aliphatic heterocycles. The van der Waals surface area contributed by atoms with E-state index in [4.69, 9.17) is 0 Å². The van der Waals surface area contributed by atoms with Crippen molar-refractivity contribution in [1.29, 1.82) is 0 Å². The van der Waals surface area contributed by atoms with Crippen molar-refractivity contribution in [2.75, 3.05) is 0 Å². The van der Waals surface area contributed by atoms with Gasteiger partial charge in [0, 0.05) is 5.92 Å². The number of allylic oxidation sites excluding steroid dienone is 12. The molecule has 0 aromatic heterocycles. The maximum Gasteiger partial charge on any atom is 0.0281 e. The summed E-state index contributed by atoms with van der Waals surface area (Å²) in [5.41, 5.74) is 8.79. The Morgan fingerprint density at radius 1 is 0.828 bits per heavy atom. The van der Waals surface area contributed by atoms with Crippen LogP contribution in [-0.2, 0) is 12.8 Å². The average Bonchev–Trinajstić information content (AvgIpc) is 3.46. The Kier molecular flexibility index (Phi) is 5.52. The van der Waals surface area contributed by atoms with Gasteiger partial charge in [0.2, 0.25) is 0 Å². The molecule has 0 nitrogen and oxygen atoms in total. The fourth-order valence-corrected chi connectivity index (χ4v) is 5.42. The zero-order valence-electron chi connectivity index (χ0n) is 17.4. The van der Waals surface area contributed by atoms with Gasteiger partial charge in [-0.15, -0.1) is 0 Å². The van der Waals surface area contributed by atoms with E-state index in [2.05, 4.69) is 72.9 Å². The zero-order valence-corrected chi connectivity index (χ0v) is 17.4. The fourth-order valence-electron chi connectivity index (χ4n) is 5.42. The highest BCUT2D eigenvalue weighted by atomic mass is 14.3. The normalized spacial score (nSPS) is 23.5. The molecule has 1 fully saturated rings. The van der Waals surface area contributed by atoms with Gasteiger partial charge in [0.15, 0.2) is 0 Å². The van der Waals surface area contributed by atoms with Crippen molar-refractivity contribution in [2.45, 2.75) is 57.8 Å². The van der Waals surface area contributed by atoms with E-state index in [0.29, 0.717) is 5.92 Å². The van der Waals surface area contributed by atoms with Crippen molar-refractivity contribution in [3.05, 3.63) is 106 Å². The van der Waals surface area contributed by atoms with Crippen LogP contribution in [0.15, 0.2) is 95.2 Å².